The number of hydrogen-bond donors (Lipinski definition) is 2. The van der Waals surface area contributed by atoms with Crippen LogP contribution in [-0.4, -0.2) is 42.0 Å². The Hall–Kier alpha value is -0.610. The molecule has 1 atom stereocenters. The lowest BCUT2D eigenvalue weighted by Gasteiger charge is -2.32. The van der Waals surface area contributed by atoms with Crippen molar-refractivity contribution in [2.75, 3.05) is 13.6 Å². The van der Waals surface area contributed by atoms with Gasteiger partial charge in [-0.2, -0.15) is 0 Å². The zero-order valence-electron chi connectivity index (χ0n) is 9.62. The van der Waals surface area contributed by atoms with Crippen molar-refractivity contribution in [2.45, 2.75) is 50.2 Å². The van der Waals surface area contributed by atoms with Crippen molar-refractivity contribution in [1.29, 1.82) is 0 Å². The van der Waals surface area contributed by atoms with E-state index in [1.807, 2.05) is 6.92 Å². The van der Waals surface area contributed by atoms with Gasteiger partial charge in [0.25, 0.3) is 0 Å². The topological polar surface area (TPSA) is 58.4 Å². The van der Waals surface area contributed by atoms with Crippen LogP contribution in [0.1, 0.15) is 32.6 Å². The molecule has 2 saturated carbocycles. The first-order valence-corrected chi connectivity index (χ1v) is 5.79. The molecule has 15 heavy (non-hydrogen) atoms. The SMILES string of the molecule is CN(CC(C)(NC1CC1)C(N)=O)C1CC1. The minimum Gasteiger partial charge on any atom is -0.368 e. The van der Waals surface area contributed by atoms with Crippen LogP contribution >= 0.6 is 0 Å². The van der Waals surface area contributed by atoms with E-state index in [4.69, 9.17) is 5.73 Å². The molecule has 1 unspecified atom stereocenters. The van der Waals surface area contributed by atoms with Crippen LogP contribution in [0.2, 0.25) is 0 Å². The van der Waals surface area contributed by atoms with Gasteiger partial charge in [0.1, 0.15) is 5.54 Å². The molecule has 0 saturated heterocycles. The Bertz CT molecular complexity index is 261. The number of nitrogens with zero attached hydrogens (tertiary/aromatic N) is 1. The molecule has 1 amide bonds. The quantitative estimate of drug-likeness (QED) is 0.654. The third-order valence-corrected chi connectivity index (χ3v) is 3.38. The van der Waals surface area contributed by atoms with Gasteiger partial charge in [-0.05, 0) is 39.7 Å². The highest BCUT2D eigenvalue weighted by Crippen LogP contribution is 2.28. The maximum Gasteiger partial charge on any atom is 0.238 e. The van der Waals surface area contributed by atoms with Crippen LogP contribution in [0.15, 0.2) is 0 Å². The van der Waals surface area contributed by atoms with Crippen LogP contribution in [0.4, 0.5) is 0 Å². The van der Waals surface area contributed by atoms with Crippen molar-refractivity contribution in [3.05, 3.63) is 0 Å². The molecule has 4 nitrogen and oxygen atoms in total. The average Bonchev–Trinajstić information content (AvgIpc) is 2.99. The van der Waals surface area contributed by atoms with E-state index in [1.165, 1.54) is 25.7 Å². The summed E-state index contributed by atoms with van der Waals surface area (Å²) in [4.78, 5) is 13.7. The third-order valence-electron chi connectivity index (χ3n) is 3.38. The van der Waals surface area contributed by atoms with Gasteiger partial charge in [-0.1, -0.05) is 0 Å². The van der Waals surface area contributed by atoms with E-state index >= 15 is 0 Å². The summed E-state index contributed by atoms with van der Waals surface area (Å²) in [7, 11) is 2.08. The van der Waals surface area contributed by atoms with Crippen LogP contribution in [0.5, 0.6) is 0 Å². The van der Waals surface area contributed by atoms with E-state index in [2.05, 4.69) is 17.3 Å². The summed E-state index contributed by atoms with van der Waals surface area (Å²) in [5.74, 6) is -0.234. The molecule has 0 heterocycles. The predicted molar refractivity (Wildman–Crippen MR) is 59.4 cm³/mol. The molecule has 0 aromatic heterocycles. The fourth-order valence-corrected chi connectivity index (χ4v) is 2.02. The van der Waals surface area contributed by atoms with Crippen LogP contribution in [0.25, 0.3) is 0 Å². The van der Waals surface area contributed by atoms with Gasteiger partial charge < -0.3 is 10.6 Å². The normalized spacial score (nSPS) is 25.3. The second kappa shape index (κ2) is 3.76. The fourth-order valence-electron chi connectivity index (χ4n) is 2.02. The number of primary amides is 1. The first-order chi connectivity index (χ1) is 7.01. The minimum atomic E-state index is -0.557. The highest BCUT2D eigenvalue weighted by Gasteiger charge is 2.40. The Morgan fingerprint density at radius 1 is 1.47 bits per heavy atom. The Morgan fingerprint density at radius 2 is 2.07 bits per heavy atom. The molecule has 0 radical (unpaired) electrons. The highest BCUT2D eigenvalue weighted by atomic mass is 16.1. The molecule has 2 aliphatic carbocycles. The minimum absolute atomic E-state index is 0.234. The van der Waals surface area contributed by atoms with Crippen molar-refractivity contribution in [3.8, 4) is 0 Å². The van der Waals surface area contributed by atoms with Gasteiger partial charge in [0, 0.05) is 18.6 Å². The lowest BCUT2D eigenvalue weighted by atomic mass is 10.0. The van der Waals surface area contributed by atoms with Crippen molar-refractivity contribution in [2.24, 2.45) is 5.73 Å². The van der Waals surface area contributed by atoms with E-state index in [-0.39, 0.29) is 5.91 Å². The molecule has 2 aliphatic rings. The molecule has 2 fully saturated rings. The molecule has 0 aromatic carbocycles. The van der Waals surface area contributed by atoms with Gasteiger partial charge in [0.15, 0.2) is 0 Å². The molecule has 4 heteroatoms. The number of nitrogens with two attached hydrogens (primary N) is 1. The highest BCUT2D eigenvalue weighted by molar-refractivity contribution is 5.84. The lowest BCUT2D eigenvalue weighted by molar-refractivity contribution is -0.124. The summed E-state index contributed by atoms with van der Waals surface area (Å²) in [6.07, 6.45) is 4.87. The summed E-state index contributed by atoms with van der Waals surface area (Å²) in [5, 5.41) is 3.36. The van der Waals surface area contributed by atoms with Crippen molar-refractivity contribution >= 4 is 5.91 Å². The average molecular weight is 211 g/mol. The number of amides is 1. The number of nitrogens with one attached hydrogen (secondary N) is 1. The maximum absolute atomic E-state index is 11.5. The van der Waals surface area contributed by atoms with E-state index in [9.17, 15) is 4.79 Å². The Labute approximate surface area is 91.2 Å². The summed E-state index contributed by atoms with van der Waals surface area (Å²) >= 11 is 0. The van der Waals surface area contributed by atoms with Crippen LogP contribution in [0.3, 0.4) is 0 Å². The van der Waals surface area contributed by atoms with E-state index < -0.39 is 5.54 Å². The largest absolute Gasteiger partial charge is 0.368 e. The van der Waals surface area contributed by atoms with Gasteiger partial charge >= 0.3 is 0 Å². The predicted octanol–water partition coefficient (Wildman–Crippen LogP) is 0.0766. The Balaban J connectivity index is 1.93. The summed E-state index contributed by atoms with van der Waals surface area (Å²) in [6.45, 7) is 2.65. The molecule has 3 N–H and O–H groups in total. The van der Waals surface area contributed by atoms with Crippen LogP contribution in [0, 0.1) is 0 Å². The zero-order chi connectivity index (χ0) is 11.1. The standard InChI is InChI=1S/C11H21N3O/c1-11(10(12)15,13-8-3-4-8)7-14(2)9-5-6-9/h8-9,13H,3-7H2,1-2H3,(H2,12,15). The number of likely N-dealkylation sites (N-methyl/N-ethyl adjacent to an activating group) is 1. The lowest BCUT2D eigenvalue weighted by Crippen LogP contribution is -2.60. The molecule has 0 bridgehead atoms. The van der Waals surface area contributed by atoms with Crippen molar-refractivity contribution < 1.29 is 4.79 Å². The second-order valence-corrected chi connectivity index (χ2v) is 5.26. The van der Waals surface area contributed by atoms with Gasteiger partial charge in [-0.15, -0.1) is 0 Å². The summed E-state index contributed by atoms with van der Waals surface area (Å²) in [5.41, 5.74) is 4.93. The van der Waals surface area contributed by atoms with Crippen LogP contribution in [-0.2, 0) is 4.79 Å². The Kier molecular flexibility index (Phi) is 2.73. The van der Waals surface area contributed by atoms with E-state index in [0.29, 0.717) is 12.1 Å². The fraction of sp³-hybridized carbons (Fsp3) is 0.909. The number of carbonyl (C=O) groups is 1. The maximum atomic E-state index is 11.5. The first-order valence-electron chi connectivity index (χ1n) is 5.79. The molecule has 2 rings (SSSR count). The molecule has 0 aliphatic heterocycles. The number of hydrogen-bond acceptors (Lipinski definition) is 3. The molecular weight excluding hydrogens is 190 g/mol. The smallest absolute Gasteiger partial charge is 0.238 e. The Morgan fingerprint density at radius 3 is 2.47 bits per heavy atom. The monoisotopic (exact) mass is 211 g/mol. The van der Waals surface area contributed by atoms with Crippen LogP contribution < -0.4 is 11.1 Å². The van der Waals surface area contributed by atoms with Crippen molar-refractivity contribution in [3.63, 3.8) is 0 Å². The van der Waals surface area contributed by atoms with Crippen molar-refractivity contribution in [1.82, 2.24) is 10.2 Å². The van der Waals surface area contributed by atoms with E-state index in [1.54, 1.807) is 0 Å². The summed E-state index contributed by atoms with van der Waals surface area (Å²) < 4.78 is 0. The van der Waals surface area contributed by atoms with Gasteiger partial charge in [-0.3, -0.25) is 10.1 Å². The van der Waals surface area contributed by atoms with Gasteiger partial charge in [0.2, 0.25) is 5.91 Å². The third kappa shape index (κ3) is 2.69. The number of carbonyl (C=O) groups excluding carboxylic acids is 1. The second-order valence-electron chi connectivity index (χ2n) is 5.26. The zero-order valence-corrected chi connectivity index (χ0v) is 9.62. The first kappa shape index (κ1) is 10.9. The molecule has 0 spiro atoms. The molecule has 86 valence electrons. The summed E-state index contributed by atoms with van der Waals surface area (Å²) in [6, 6.07) is 1.18. The number of rotatable bonds is 6. The van der Waals surface area contributed by atoms with Gasteiger partial charge in [0.05, 0.1) is 0 Å². The molecular formula is C11H21N3O. The van der Waals surface area contributed by atoms with Gasteiger partial charge in [-0.25, -0.2) is 0 Å². The molecule has 0 aromatic rings. The van der Waals surface area contributed by atoms with E-state index in [0.717, 1.165) is 6.54 Å².